The second-order valence-electron chi connectivity index (χ2n) is 5.09. The molecule has 3 heterocycles. The van der Waals surface area contributed by atoms with Gasteiger partial charge in [-0.1, -0.05) is 5.16 Å². The van der Waals surface area contributed by atoms with Crippen molar-refractivity contribution in [1.29, 1.82) is 0 Å². The van der Waals surface area contributed by atoms with E-state index in [1.807, 2.05) is 21.7 Å². The van der Waals surface area contributed by atoms with Gasteiger partial charge in [0.2, 0.25) is 11.8 Å². The van der Waals surface area contributed by atoms with Gasteiger partial charge in [-0.15, -0.1) is 0 Å². The Kier molecular flexibility index (Phi) is 3.82. The number of rotatable bonds is 3. The van der Waals surface area contributed by atoms with E-state index in [4.69, 9.17) is 4.52 Å². The van der Waals surface area contributed by atoms with Crippen LogP contribution in [0.3, 0.4) is 0 Å². The molecule has 1 amide bonds. The van der Waals surface area contributed by atoms with Crippen LogP contribution in [0.25, 0.3) is 0 Å². The second kappa shape index (κ2) is 5.75. The van der Waals surface area contributed by atoms with Crippen LogP contribution in [0.2, 0.25) is 0 Å². The lowest BCUT2D eigenvalue weighted by atomic mass is 10.0. The first kappa shape index (κ1) is 13.3. The lowest BCUT2D eigenvalue weighted by Gasteiger charge is -2.33. The van der Waals surface area contributed by atoms with Crippen LogP contribution in [0, 0.1) is 6.92 Å². The fraction of sp³-hybridized carbons (Fsp3) is 0.500. The molecule has 1 fully saturated rings. The predicted octanol–water partition coefficient (Wildman–Crippen LogP) is 2.74. The normalized spacial score (nSPS) is 19.2. The van der Waals surface area contributed by atoms with Gasteiger partial charge in [0.1, 0.15) is 6.04 Å². The average molecular weight is 291 g/mol. The third-order valence-electron chi connectivity index (χ3n) is 3.59. The molecule has 0 aliphatic carbocycles. The summed E-state index contributed by atoms with van der Waals surface area (Å²) < 4.78 is 5.27. The highest BCUT2D eigenvalue weighted by molar-refractivity contribution is 7.07. The molecule has 0 unspecified atom stereocenters. The Morgan fingerprint density at radius 2 is 2.45 bits per heavy atom. The molecule has 1 aliphatic rings. The fourth-order valence-corrected chi connectivity index (χ4v) is 3.27. The molecule has 0 radical (unpaired) electrons. The molecule has 1 saturated heterocycles. The second-order valence-corrected chi connectivity index (χ2v) is 5.87. The minimum absolute atomic E-state index is 0.0592. The van der Waals surface area contributed by atoms with Crippen molar-refractivity contribution in [2.75, 3.05) is 6.54 Å². The maximum absolute atomic E-state index is 12.5. The third-order valence-corrected chi connectivity index (χ3v) is 4.32. The van der Waals surface area contributed by atoms with Gasteiger partial charge >= 0.3 is 0 Å². The molecule has 2 aromatic heterocycles. The molecule has 2 aromatic rings. The van der Waals surface area contributed by atoms with E-state index in [1.165, 1.54) is 0 Å². The molecular formula is C14H17N3O2S. The zero-order valence-corrected chi connectivity index (χ0v) is 12.2. The molecule has 1 atom stereocenters. The van der Waals surface area contributed by atoms with Gasteiger partial charge in [-0.2, -0.15) is 16.3 Å². The van der Waals surface area contributed by atoms with Crippen LogP contribution in [-0.2, 0) is 11.2 Å². The summed E-state index contributed by atoms with van der Waals surface area (Å²) in [6.45, 7) is 2.57. The Morgan fingerprint density at radius 1 is 1.55 bits per heavy atom. The van der Waals surface area contributed by atoms with Gasteiger partial charge in [-0.3, -0.25) is 4.79 Å². The molecule has 3 rings (SSSR count). The monoisotopic (exact) mass is 291 g/mol. The van der Waals surface area contributed by atoms with Gasteiger partial charge in [-0.25, -0.2) is 0 Å². The van der Waals surface area contributed by atoms with E-state index >= 15 is 0 Å². The Hall–Kier alpha value is -1.69. The number of aryl methyl sites for hydroxylation is 1. The van der Waals surface area contributed by atoms with Gasteiger partial charge in [0.25, 0.3) is 0 Å². The van der Waals surface area contributed by atoms with Crippen LogP contribution < -0.4 is 0 Å². The van der Waals surface area contributed by atoms with Crippen molar-refractivity contribution in [2.45, 2.75) is 38.6 Å². The summed E-state index contributed by atoms with van der Waals surface area (Å²) in [7, 11) is 0. The van der Waals surface area contributed by atoms with Crippen molar-refractivity contribution in [3.63, 3.8) is 0 Å². The summed E-state index contributed by atoms with van der Waals surface area (Å²) in [5.74, 6) is 1.33. The van der Waals surface area contributed by atoms with Crippen molar-refractivity contribution in [1.82, 2.24) is 15.0 Å². The van der Waals surface area contributed by atoms with Crippen molar-refractivity contribution in [2.24, 2.45) is 0 Å². The van der Waals surface area contributed by atoms with Crippen LogP contribution in [0.1, 0.15) is 42.6 Å². The van der Waals surface area contributed by atoms with Crippen LogP contribution in [0.4, 0.5) is 0 Å². The van der Waals surface area contributed by atoms with E-state index in [2.05, 4.69) is 10.1 Å². The Bertz CT molecular complexity index is 579. The topological polar surface area (TPSA) is 59.2 Å². The van der Waals surface area contributed by atoms with E-state index in [-0.39, 0.29) is 11.9 Å². The van der Waals surface area contributed by atoms with E-state index in [9.17, 15) is 4.79 Å². The molecule has 106 valence electrons. The van der Waals surface area contributed by atoms with Gasteiger partial charge in [0.05, 0.1) is 6.42 Å². The number of nitrogens with zero attached hydrogens (tertiary/aromatic N) is 3. The molecule has 0 aromatic carbocycles. The van der Waals surface area contributed by atoms with E-state index in [0.717, 1.165) is 31.4 Å². The summed E-state index contributed by atoms with van der Waals surface area (Å²) in [5.41, 5.74) is 1.08. The van der Waals surface area contributed by atoms with Crippen LogP contribution in [0.15, 0.2) is 21.3 Å². The summed E-state index contributed by atoms with van der Waals surface area (Å²) >= 11 is 1.62. The number of thiophene rings is 1. The maximum atomic E-state index is 12.5. The SMILES string of the molecule is Cc1noc([C@H]2CCCCN2C(=O)Cc2ccsc2)n1. The summed E-state index contributed by atoms with van der Waals surface area (Å²) in [5, 5.41) is 7.86. The number of piperidine rings is 1. The zero-order chi connectivity index (χ0) is 13.9. The molecule has 20 heavy (non-hydrogen) atoms. The lowest BCUT2D eigenvalue weighted by molar-refractivity contribution is -0.135. The minimum Gasteiger partial charge on any atom is -0.337 e. The van der Waals surface area contributed by atoms with Gasteiger partial charge in [0.15, 0.2) is 5.82 Å². The van der Waals surface area contributed by atoms with E-state index in [1.54, 1.807) is 18.3 Å². The Morgan fingerprint density at radius 3 is 3.15 bits per heavy atom. The van der Waals surface area contributed by atoms with Crippen LogP contribution in [-0.4, -0.2) is 27.5 Å². The van der Waals surface area contributed by atoms with Crippen molar-refractivity contribution >= 4 is 17.2 Å². The van der Waals surface area contributed by atoms with Crippen LogP contribution in [0.5, 0.6) is 0 Å². The van der Waals surface area contributed by atoms with Gasteiger partial charge in [-0.05, 0) is 48.6 Å². The first-order chi connectivity index (χ1) is 9.74. The van der Waals surface area contributed by atoms with E-state index in [0.29, 0.717) is 18.1 Å². The predicted molar refractivity (Wildman–Crippen MR) is 75.4 cm³/mol. The Balaban J connectivity index is 1.76. The number of aromatic nitrogens is 2. The summed E-state index contributed by atoms with van der Waals surface area (Å²) in [6, 6.07) is 1.94. The Labute approximate surface area is 121 Å². The molecular weight excluding hydrogens is 274 g/mol. The highest BCUT2D eigenvalue weighted by Crippen LogP contribution is 2.30. The number of carbonyl (C=O) groups excluding carboxylic acids is 1. The first-order valence-corrected chi connectivity index (χ1v) is 7.79. The largest absolute Gasteiger partial charge is 0.337 e. The average Bonchev–Trinajstić information content (AvgIpc) is 3.10. The maximum Gasteiger partial charge on any atom is 0.249 e. The fourth-order valence-electron chi connectivity index (χ4n) is 2.60. The number of hydrogen-bond donors (Lipinski definition) is 0. The van der Waals surface area contributed by atoms with Crippen molar-refractivity contribution < 1.29 is 9.32 Å². The number of carbonyl (C=O) groups is 1. The number of hydrogen-bond acceptors (Lipinski definition) is 5. The van der Waals surface area contributed by atoms with Gasteiger partial charge in [0, 0.05) is 6.54 Å². The standard InChI is InChI=1S/C14H17N3O2S/c1-10-15-14(19-16-10)12-4-2-3-6-17(12)13(18)8-11-5-7-20-9-11/h5,7,9,12H,2-4,6,8H2,1H3/t12-/m1/s1. The molecule has 6 heteroatoms. The molecule has 0 spiro atoms. The molecule has 1 aliphatic heterocycles. The molecule has 5 nitrogen and oxygen atoms in total. The summed E-state index contributed by atoms with van der Waals surface area (Å²) in [4.78, 5) is 18.7. The zero-order valence-electron chi connectivity index (χ0n) is 11.4. The first-order valence-electron chi connectivity index (χ1n) is 6.85. The molecule has 0 bridgehead atoms. The minimum atomic E-state index is -0.0592. The molecule has 0 N–H and O–H groups in total. The molecule has 0 saturated carbocycles. The summed E-state index contributed by atoms with van der Waals surface area (Å²) in [6.07, 6.45) is 3.48. The smallest absolute Gasteiger partial charge is 0.249 e. The van der Waals surface area contributed by atoms with E-state index < -0.39 is 0 Å². The highest BCUT2D eigenvalue weighted by Gasteiger charge is 2.31. The quantitative estimate of drug-likeness (QED) is 0.872. The number of likely N-dealkylation sites (tertiary alicyclic amines) is 1. The number of amides is 1. The van der Waals surface area contributed by atoms with Crippen LogP contribution >= 0.6 is 11.3 Å². The third kappa shape index (κ3) is 2.75. The van der Waals surface area contributed by atoms with Crippen molar-refractivity contribution in [3.05, 3.63) is 34.1 Å². The van der Waals surface area contributed by atoms with Gasteiger partial charge < -0.3 is 9.42 Å². The highest BCUT2D eigenvalue weighted by atomic mass is 32.1. The van der Waals surface area contributed by atoms with Crippen molar-refractivity contribution in [3.8, 4) is 0 Å². The lowest BCUT2D eigenvalue weighted by Crippen LogP contribution is -2.39.